The van der Waals surface area contributed by atoms with Gasteiger partial charge < -0.3 is 56.6 Å². The van der Waals surface area contributed by atoms with Crippen LogP contribution in [0.2, 0.25) is 0 Å². The summed E-state index contributed by atoms with van der Waals surface area (Å²) in [6, 6.07) is 11.0. The molecule has 1 aliphatic carbocycles. The number of rotatable bonds is 20. The minimum absolute atomic E-state index is 0.00219. The van der Waals surface area contributed by atoms with Crippen LogP contribution >= 0.6 is 0 Å². The van der Waals surface area contributed by atoms with Gasteiger partial charge in [0.15, 0.2) is 0 Å². The van der Waals surface area contributed by atoms with E-state index in [0.29, 0.717) is 37.7 Å². The Bertz CT molecular complexity index is 2050. The number of carbonyl (C=O) groups is 1. The first kappa shape index (κ1) is 54.1. The molecule has 2 aliphatic heterocycles. The standard InChI is InChI=1S/C55H80N2O10/c1-6-7-14-48(62)49(63)26-22-38-19-18-37-12-9-8-11-36(37)13-10-15-51(55(5,67)53-40(28-34(2)3)21-20-39-29-42(60)23-24-44(39)53)57-47(45(38)30-43(61)33-59)25-27-50(64)54-46(31-52(65)66)41(32-58)17-16-35(4)56-54/h8-9,11-12,20-24,26,29,34-35,40-41,43,46-51,53-54,56-64,67H,6-7,14-19,25,27-28,30-33H2,1-5H3,(H,65,66)/b26-22+,45-38+/t35-,40-,41-,43+,46+,47+,48+,49-,50+,51-,53-,54-,55-/m1/s1. The summed E-state index contributed by atoms with van der Waals surface area (Å²) >= 11 is 0. The van der Waals surface area contributed by atoms with Gasteiger partial charge in [-0.1, -0.05) is 94.0 Å². The lowest BCUT2D eigenvalue weighted by Gasteiger charge is -2.46. The third-order valence-electron chi connectivity index (χ3n) is 14.6. The summed E-state index contributed by atoms with van der Waals surface area (Å²) in [5.41, 5.74) is 3.42. The summed E-state index contributed by atoms with van der Waals surface area (Å²) in [6.45, 7) is 9.39. The Balaban J connectivity index is 1.71. The molecule has 0 bridgehead atoms. The third kappa shape index (κ3) is 14.8. The molecule has 370 valence electrons. The molecule has 0 spiro atoms. The molecule has 12 nitrogen and oxygen atoms in total. The Labute approximate surface area is 399 Å². The molecule has 12 heteroatoms. The van der Waals surface area contributed by atoms with E-state index in [2.05, 4.69) is 42.4 Å². The Morgan fingerprint density at radius 1 is 1.01 bits per heavy atom. The van der Waals surface area contributed by atoms with E-state index >= 15 is 0 Å². The fourth-order valence-electron chi connectivity index (χ4n) is 10.9. The molecule has 0 saturated carbocycles. The lowest BCUT2D eigenvalue weighted by molar-refractivity contribution is -0.139. The highest BCUT2D eigenvalue weighted by Gasteiger charge is 2.47. The Hall–Kier alpha value is -3.87. The van der Waals surface area contributed by atoms with Crippen molar-refractivity contribution in [3.63, 3.8) is 0 Å². The number of hydrogen-bond donors (Lipinski definition) is 11. The number of unbranched alkanes of at least 4 members (excludes halogenated alkanes) is 1. The summed E-state index contributed by atoms with van der Waals surface area (Å²) in [7, 11) is 0. The number of carboxylic acids is 1. The van der Waals surface area contributed by atoms with Crippen molar-refractivity contribution in [3.8, 4) is 17.6 Å². The quantitative estimate of drug-likeness (QED) is 0.0677. The molecular formula is C55H80N2O10. The van der Waals surface area contributed by atoms with Crippen LogP contribution in [0.15, 0.2) is 71.8 Å². The largest absolute Gasteiger partial charge is 0.508 e. The van der Waals surface area contributed by atoms with Crippen LogP contribution in [0.4, 0.5) is 0 Å². The first-order chi connectivity index (χ1) is 32.0. The normalized spacial score (nSPS) is 28.7. The molecule has 5 rings (SSSR count). The van der Waals surface area contributed by atoms with Crippen LogP contribution in [-0.4, -0.2) is 119 Å². The minimum Gasteiger partial charge on any atom is -0.508 e. The van der Waals surface area contributed by atoms with E-state index in [1.54, 1.807) is 24.3 Å². The summed E-state index contributed by atoms with van der Waals surface area (Å²) in [6.07, 6.45) is 8.43. The van der Waals surface area contributed by atoms with Crippen molar-refractivity contribution in [1.82, 2.24) is 10.6 Å². The second-order valence-electron chi connectivity index (χ2n) is 20.3. The lowest BCUT2D eigenvalue weighted by Crippen LogP contribution is -2.57. The topological polar surface area (TPSA) is 223 Å². The second-order valence-corrected chi connectivity index (χ2v) is 20.3. The molecule has 2 aromatic rings. The first-order valence-electron chi connectivity index (χ1n) is 24.8. The molecule has 3 aliphatic rings. The molecule has 67 heavy (non-hydrogen) atoms. The van der Waals surface area contributed by atoms with Crippen LogP contribution in [0.3, 0.4) is 0 Å². The van der Waals surface area contributed by atoms with E-state index in [1.165, 1.54) is 0 Å². The van der Waals surface area contributed by atoms with Gasteiger partial charge in [0.25, 0.3) is 0 Å². The zero-order chi connectivity index (χ0) is 48.8. The van der Waals surface area contributed by atoms with E-state index < -0.39 is 72.6 Å². The van der Waals surface area contributed by atoms with Gasteiger partial charge in [-0.15, -0.1) is 0 Å². The van der Waals surface area contributed by atoms with Crippen molar-refractivity contribution in [3.05, 3.63) is 94.1 Å². The summed E-state index contributed by atoms with van der Waals surface area (Å²) < 4.78 is 0. The fraction of sp³-hybridized carbons (Fsp3) is 0.618. The van der Waals surface area contributed by atoms with Gasteiger partial charge in [0, 0.05) is 48.7 Å². The average molecular weight is 929 g/mol. The zero-order valence-electron chi connectivity index (χ0n) is 40.4. The predicted octanol–water partition coefficient (Wildman–Crippen LogP) is 6.12. The number of phenols is 1. The molecule has 2 aromatic carbocycles. The van der Waals surface area contributed by atoms with E-state index in [0.717, 1.165) is 47.1 Å². The summed E-state index contributed by atoms with van der Waals surface area (Å²) in [5.74, 6) is 4.78. The Kier molecular flexibility index (Phi) is 20.7. The summed E-state index contributed by atoms with van der Waals surface area (Å²) in [5, 5.41) is 108. The number of benzene rings is 2. The van der Waals surface area contributed by atoms with Gasteiger partial charge in [-0.3, -0.25) is 4.79 Å². The molecular weight excluding hydrogens is 849 g/mol. The number of aliphatic carboxylic acids is 1. The van der Waals surface area contributed by atoms with Crippen molar-refractivity contribution in [2.45, 2.75) is 178 Å². The van der Waals surface area contributed by atoms with Crippen molar-refractivity contribution in [2.24, 2.45) is 23.7 Å². The van der Waals surface area contributed by atoms with Gasteiger partial charge >= 0.3 is 5.97 Å². The van der Waals surface area contributed by atoms with Crippen LogP contribution < -0.4 is 10.6 Å². The number of phenolic OH excluding ortho intramolecular Hbond substituents is 1. The van der Waals surface area contributed by atoms with Crippen LogP contribution in [0.1, 0.15) is 140 Å². The highest BCUT2D eigenvalue weighted by molar-refractivity contribution is 5.67. The first-order valence-corrected chi connectivity index (χ1v) is 24.8. The maximum absolute atomic E-state index is 13.4. The monoisotopic (exact) mass is 929 g/mol. The molecule has 2 heterocycles. The zero-order valence-corrected chi connectivity index (χ0v) is 40.4. The number of allylic oxidation sites excluding steroid dienone is 3. The van der Waals surface area contributed by atoms with Gasteiger partial charge in [-0.2, -0.15) is 0 Å². The second kappa shape index (κ2) is 25.7. The number of carboxylic acid groups (broad SMARTS) is 1. The molecule has 1 saturated heterocycles. The number of nitrogens with one attached hydrogen (secondary N) is 2. The molecule has 0 unspecified atom stereocenters. The molecule has 0 radical (unpaired) electrons. The average Bonchev–Trinajstić information content (AvgIpc) is 3.44. The Morgan fingerprint density at radius 3 is 2.48 bits per heavy atom. The van der Waals surface area contributed by atoms with E-state index in [1.807, 2.05) is 57.2 Å². The van der Waals surface area contributed by atoms with Crippen LogP contribution in [-0.2, 0) is 11.2 Å². The van der Waals surface area contributed by atoms with E-state index in [-0.39, 0.29) is 68.3 Å². The smallest absolute Gasteiger partial charge is 0.303 e. The molecule has 13 atom stereocenters. The maximum Gasteiger partial charge on any atom is 0.303 e. The van der Waals surface area contributed by atoms with Crippen LogP contribution in [0.25, 0.3) is 6.08 Å². The van der Waals surface area contributed by atoms with Gasteiger partial charge in [0.05, 0.1) is 43.0 Å². The van der Waals surface area contributed by atoms with Crippen molar-refractivity contribution in [1.29, 1.82) is 0 Å². The number of aliphatic hydroxyl groups excluding tert-OH is 6. The SMILES string of the molecule is CCCC[C@H](O)[C@H](O)/C=C/C1=C(\C[C@H](O)CO)[C@H](CC[C@H](O)[C@@H]2N[C@H](C)CC[C@H](CO)[C@@H]2CC(=O)O)N[C@@H]([C@@](C)(O)[C@H]2c3ccc(O)cc3C=C[C@@H]2CC(C)C)CC#Cc2ccccc2CC1. The molecule has 11 N–H and O–H groups in total. The summed E-state index contributed by atoms with van der Waals surface area (Å²) in [4.78, 5) is 12.3. The van der Waals surface area contributed by atoms with E-state index in [4.69, 9.17) is 0 Å². The third-order valence-corrected chi connectivity index (χ3v) is 14.6. The molecule has 1 fully saturated rings. The number of aromatic hydroxyl groups is 1. The minimum atomic E-state index is -1.51. The Morgan fingerprint density at radius 2 is 1.78 bits per heavy atom. The van der Waals surface area contributed by atoms with Gasteiger partial charge in [0.1, 0.15) is 5.75 Å². The number of fused-ring (bicyclic) bond motifs is 2. The van der Waals surface area contributed by atoms with Crippen LogP contribution in [0, 0.1) is 35.5 Å². The van der Waals surface area contributed by atoms with Gasteiger partial charge in [0.2, 0.25) is 0 Å². The molecule has 0 aromatic heterocycles. The number of hydrogen-bond acceptors (Lipinski definition) is 11. The predicted molar refractivity (Wildman–Crippen MR) is 263 cm³/mol. The van der Waals surface area contributed by atoms with Gasteiger partial charge in [-0.05, 0) is 141 Å². The van der Waals surface area contributed by atoms with Crippen molar-refractivity contribution < 1.29 is 50.8 Å². The maximum atomic E-state index is 13.4. The van der Waals surface area contributed by atoms with Crippen LogP contribution in [0.5, 0.6) is 5.75 Å². The fourth-order valence-corrected chi connectivity index (χ4v) is 10.9. The van der Waals surface area contributed by atoms with Crippen molar-refractivity contribution >= 4 is 12.0 Å². The highest BCUT2D eigenvalue weighted by Crippen LogP contribution is 2.47. The van der Waals surface area contributed by atoms with E-state index in [9.17, 15) is 50.8 Å². The van der Waals surface area contributed by atoms with Crippen molar-refractivity contribution in [2.75, 3.05) is 13.2 Å². The lowest BCUT2D eigenvalue weighted by atomic mass is 9.65. The number of aliphatic hydroxyl groups is 7. The number of aryl methyl sites for hydroxylation is 1. The van der Waals surface area contributed by atoms with Gasteiger partial charge in [-0.25, -0.2) is 0 Å². The molecule has 0 amide bonds. The highest BCUT2D eigenvalue weighted by atomic mass is 16.4.